The topological polar surface area (TPSA) is 152 Å². The van der Waals surface area contributed by atoms with Crippen LogP contribution in [-0.4, -0.2) is 89.4 Å². The fourth-order valence-electron chi connectivity index (χ4n) is 4.08. The first-order valence-electron chi connectivity index (χ1n) is 10.4. The number of amides is 3. The number of nitrogens with zero attached hydrogens (tertiary/aromatic N) is 5. The van der Waals surface area contributed by atoms with Gasteiger partial charge in [0.15, 0.2) is 4.38 Å². The number of nitro groups is 1. The molecule has 4 saturated heterocycles. The highest BCUT2D eigenvalue weighted by atomic mass is 32.2. The van der Waals surface area contributed by atoms with E-state index in [1.165, 1.54) is 39.1 Å². The molecular weight excluding hydrogens is 504 g/mol. The molecule has 3 amide bonds. The Bertz CT molecular complexity index is 1080. The van der Waals surface area contributed by atoms with E-state index in [4.69, 9.17) is 10.5 Å². The molecule has 1 aromatic carbocycles. The predicted octanol–water partition coefficient (Wildman–Crippen LogP) is 1.07. The minimum atomic E-state index is -1.45. The molecule has 2 N–H and O–H groups in total. The number of hydrogen-bond acceptors (Lipinski definition) is 11. The third kappa shape index (κ3) is 3.89. The number of nitrogens with two attached hydrogens (primary N) is 1. The molecule has 1 aromatic rings. The number of hydrogen-bond donors (Lipinski definition) is 1. The van der Waals surface area contributed by atoms with Crippen molar-refractivity contribution in [1.29, 1.82) is 0 Å². The van der Waals surface area contributed by atoms with E-state index >= 15 is 0 Å². The van der Waals surface area contributed by atoms with Gasteiger partial charge in [0, 0.05) is 30.2 Å². The molecule has 4 aliphatic rings. The van der Waals surface area contributed by atoms with Crippen molar-refractivity contribution >= 4 is 63.3 Å². The van der Waals surface area contributed by atoms with Crippen LogP contribution in [0.4, 0.5) is 10.5 Å². The zero-order valence-electron chi connectivity index (χ0n) is 17.7. The van der Waals surface area contributed by atoms with Gasteiger partial charge in [-0.25, -0.2) is 14.6 Å². The summed E-state index contributed by atoms with van der Waals surface area (Å²) in [5.74, 6) is 0.921. The Morgan fingerprint density at radius 2 is 1.94 bits per heavy atom. The van der Waals surface area contributed by atoms with Gasteiger partial charge >= 0.3 is 12.0 Å². The molecule has 15 heteroatoms. The lowest BCUT2D eigenvalue weighted by molar-refractivity contribution is -0.384. The molecule has 0 bridgehead atoms. The monoisotopic (exact) mass is 524 g/mol. The van der Waals surface area contributed by atoms with E-state index in [1.54, 1.807) is 23.5 Å². The summed E-state index contributed by atoms with van der Waals surface area (Å²) in [7, 11) is 0. The van der Waals surface area contributed by atoms with Crippen molar-refractivity contribution < 1.29 is 24.0 Å². The zero-order valence-corrected chi connectivity index (χ0v) is 20.1. The molecule has 0 aromatic heterocycles. The van der Waals surface area contributed by atoms with Crippen LogP contribution in [0.2, 0.25) is 0 Å². The maximum atomic E-state index is 13.4. The standard InChI is InChI=1S/C19H20N6O6S3/c20-13-14(26)22-10-19(34-15(13)22,16(27)31-9-11-1-3-12(4-2-11)25(29)30)23-5-6-24(18(23)28)21-17-32-7-8-33-17/h1-4,13,15H,5-10,20H2/t13-,15-,19-/m1/s1. The van der Waals surface area contributed by atoms with Crippen LogP contribution in [0.5, 0.6) is 0 Å². The molecule has 0 saturated carbocycles. The molecule has 4 fully saturated rings. The number of urea groups is 1. The first-order valence-corrected chi connectivity index (χ1v) is 13.2. The number of non-ortho nitro benzene ring substituents is 1. The van der Waals surface area contributed by atoms with Gasteiger partial charge in [0.2, 0.25) is 10.8 Å². The molecule has 4 aliphatic heterocycles. The van der Waals surface area contributed by atoms with Gasteiger partial charge < -0.3 is 15.4 Å². The highest BCUT2D eigenvalue weighted by Gasteiger charge is 2.65. The Kier molecular flexibility index (Phi) is 6.12. The quantitative estimate of drug-likeness (QED) is 0.247. The van der Waals surface area contributed by atoms with Crippen LogP contribution < -0.4 is 5.73 Å². The number of carbonyl (C=O) groups excluding carboxylic acids is 3. The number of rotatable bonds is 6. The van der Waals surface area contributed by atoms with Gasteiger partial charge in [-0.05, 0) is 17.7 Å². The van der Waals surface area contributed by atoms with Crippen LogP contribution in [0.15, 0.2) is 29.4 Å². The average molecular weight is 525 g/mol. The third-order valence-electron chi connectivity index (χ3n) is 5.88. The predicted molar refractivity (Wildman–Crippen MR) is 128 cm³/mol. The normalized spacial score (nSPS) is 28.3. The fourth-order valence-corrected chi connectivity index (χ4v) is 7.88. The number of carbonyl (C=O) groups is 3. The van der Waals surface area contributed by atoms with E-state index in [0.717, 1.165) is 27.6 Å². The van der Waals surface area contributed by atoms with Gasteiger partial charge in [-0.1, -0.05) is 35.3 Å². The third-order valence-corrected chi connectivity index (χ3v) is 10.0. The Hall–Kier alpha value is -2.49. The summed E-state index contributed by atoms with van der Waals surface area (Å²) in [5.41, 5.74) is 6.43. The van der Waals surface area contributed by atoms with Crippen LogP contribution in [0.1, 0.15) is 5.56 Å². The van der Waals surface area contributed by atoms with Crippen molar-refractivity contribution in [2.24, 2.45) is 10.8 Å². The summed E-state index contributed by atoms with van der Waals surface area (Å²) in [4.78, 5) is 50.8. The Labute approximate surface area is 206 Å². The minimum absolute atomic E-state index is 0.0202. The molecule has 180 valence electrons. The summed E-state index contributed by atoms with van der Waals surface area (Å²) in [5, 5.41) is 16.2. The number of benzene rings is 1. The van der Waals surface area contributed by atoms with Gasteiger partial charge in [0.25, 0.3) is 5.69 Å². The highest BCUT2D eigenvalue weighted by molar-refractivity contribution is 8.41. The molecule has 12 nitrogen and oxygen atoms in total. The zero-order chi connectivity index (χ0) is 24.0. The molecule has 34 heavy (non-hydrogen) atoms. The van der Waals surface area contributed by atoms with Crippen molar-refractivity contribution in [3.8, 4) is 0 Å². The van der Waals surface area contributed by atoms with E-state index in [0.29, 0.717) is 12.1 Å². The number of esters is 1. The number of ether oxygens (including phenoxy) is 1. The lowest BCUT2D eigenvalue weighted by Gasteiger charge is -2.38. The number of nitro benzene ring substituents is 1. The number of hydrazone groups is 1. The maximum Gasteiger partial charge on any atom is 0.345 e. The van der Waals surface area contributed by atoms with Crippen molar-refractivity contribution in [3.05, 3.63) is 39.9 Å². The summed E-state index contributed by atoms with van der Waals surface area (Å²) < 4.78 is 6.39. The van der Waals surface area contributed by atoms with Gasteiger partial charge in [-0.3, -0.25) is 19.8 Å². The number of fused-ring (bicyclic) bond motifs is 1. The molecule has 0 aliphatic carbocycles. The van der Waals surface area contributed by atoms with Gasteiger partial charge in [-0.2, -0.15) is 5.10 Å². The van der Waals surface area contributed by atoms with E-state index in [9.17, 15) is 24.5 Å². The van der Waals surface area contributed by atoms with E-state index in [1.807, 2.05) is 0 Å². The Morgan fingerprint density at radius 3 is 2.59 bits per heavy atom. The molecule has 4 heterocycles. The average Bonchev–Trinajstić information content (AvgIpc) is 3.57. The van der Waals surface area contributed by atoms with Crippen LogP contribution in [0.25, 0.3) is 0 Å². The molecule has 0 spiro atoms. The molecule has 0 unspecified atom stereocenters. The number of β-lactam (4-membered cyclic amide) rings is 1. The number of thioether (sulfide) groups is 3. The second kappa shape index (κ2) is 8.94. The smallest absolute Gasteiger partial charge is 0.345 e. The van der Waals surface area contributed by atoms with Crippen molar-refractivity contribution in [2.45, 2.75) is 22.9 Å². The van der Waals surface area contributed by atoms with Crippen LogP contribution >= 0.6 is 35.3 Å². The van der Waals surface area contributed by atoms with E-state index in [-0.39, 0.29) is 31.3 Å². The first kappa shape index (κ1) is 23.3. The Balaban J connectivity index is 1.36. The fraction of sp³-hybridized carbons (Fsp3) is 0.474. The molecule has 3 atom stereocenters. The molecule has 5 rings (SSSR count). The summed E-state index contributed by atoms with van der Waals surface area (Å²) in [6.07, 6.45) is 0. The van der Waals surface area contributed by atoms with Gasteiger partial charge in [0.05, 0.1) is 18.0 Å². The lowest BCUT2D eigenvalue weighted by atomic mass is 10.1. The largest absolute Gasteiger partial charge is 0.458 e. The van der Waals surface area contributed by atoms with Crippen molar-refractivity contribution in [1.82, 2.24) is 14.8 Å². The second-order valence-corrected chi connectivity index (χ2v) is 11.7. The maximum absolute atomic E-state index is 13.4. The summed E-state index contributed by atoms with van der Waals surface area (Å²) in [6, 6.07) is 4.49. The van der Waals surface area contributed by atoms with E-state index in [2.05, 4.69) is 5.10 Å². The minimum Gasteiger partial charge on any atom is -0.458 e. The van der Waals surface area contributed by atoms with Crippen LogP contribution in [0, 0.1) is 10.1 Å². The van der Waals surface area contributed by atoms with Crippen molar-refractivity contribution in [2.75, 3.05) is 31.1 Å². The first-order chi connectivity index (χ1) is 16.3. The van der Waals surface area contributed by atoms with Crippen LogP contribution in [0.3, 0.4) is 0 Å². The summed E-state index contributed by atoms with van der Waals surface area (Å²) >= 11 is 4.32. The lowest BCUT2D eigenvalue weighted by Crippen LogP contribution is -2.65. The highest BCUT2D eigenvalue weighted by Crippen LogP contribution is 2.49. The van der Waals surface area contributed by atoms with Gasteiger partial charge in [0.1, 0.15) is 18.0 Å². The Morgan fingerprint density at radius 1 is 1.24 bits per heavy atom. The second-order valence-electron chi connectivity index (χ2n) is 7.90. The van der Waals surface area contributed by atoms with E-state index < -0.39 is 33.2 Å². The summed E-state index contributed by atoms with van der Waals surface area (Å²) in [6.45, 7) is 0.402. The van der Waals surface area contributed by atoms with Crippen molar-refractivity contribution in [3.63, 3.8) is 0 Å². The SMILES string of the molecule is N[C@@H]1C(=O)N2C[C@@](C(=O)OCc3ccc([N+](=O)[O-])cc3)(N3CCN(N=C4SCCS4)C3=O)S[C@H]12. The van der Waals surface area contributed by atoms with Crippen LogP contribution in [-0.2, 0) is 20.9 Å². The van der Waals surface area contributed by atoms with Gasteiger partial charge in [-0.15, -0.1) is 0 Å². The molecule has 0 radical (unpaired) electrons. The molecular formula is C19H20N6O6S3.